The van der Waals surface area contributed by atoms with E-state index >= 15 is 0 Å². The Morgan fingerprint density at radius 3 is 2.40 bits per heavy atom. The third-order valence-corrected chi connectivity index (χ3v) is 3.56. The van der Waals surface area contributed by atoms with Gasteiger partial charge in [-0.1, -0.05) is 0 Å². The molecule has 1 heterocycles. The number of benzene rings is 2. The molecule has 0 bridgehead atoms. The van der Waals surface area contributed by atoms with Crippen molar-refractivity contribution >= 4 is 11.9 Å². The van der Waals surface area contributed by atoms with E-state index < -0.39 is 5.91 Å². The molecule has 3 rings (SSSR count). The van der Waals surface area contributed by atoms with Gasteiger partial charge in [0, 0.05) is 11.1 Å². The van der Waals surface area contributed by atoms with Crippen molar-refractivity contribution in [1.29, 1.82) is 0 Å². The molecule has 8 heteroatoms. The van der Waals surface area contributed by atoms with Crippen LogP contribution in [0.15, 0.2) is 42.5 Å². The van der Waals surface area contributed by atoms with E-state index in [-0.39, 0.29) is 17.6 Å². The van der Waals surface area contributed by atoms with Gasteiger partial charge in [-0.15, -0.1) is 5.10 Å². The number of ether oxygens (including phenoxy) is 2. The fourth-order valence-corrected chi connectivity index (χ4v) is 2.29. The zero-order valence-corrected chi connectivity index (χ0v) is 13.6. The standard InChI is InChI=1S/C17H15FN4O3/c1-24-13-8-5-11(9-14(13)25-2)16(23)22-17(19)20-15(21-22)10-3-6-12(18)7-4-10/h3-9H,1-2H3,(H2,19,20,21). The first kappa shape index (κ1) is 16.4. The zero-order valence-electron chi connectivity index (χ0n) is 13.6. The van der Waals surface area contributed by atoms with E-state index in [4.69, 9.17) is 15.2 Å². The van der Waals surface area contributed by atoms with Gasteiger partial charge in [0.1, 0.15) is 5.82 Å². The second kappa shape index (κ2) is 6.60. The minimum absolute atomic E-state index is 0.0703. The van der Waals surface area contributed by atoms with Crippen LogP contribution in [-0.2, 0) is 0 Å². The highest BCUT2D eigenvalue weighted by Crippen LogP contribution is 2.28. The highest BCUT2D eigenvalue weighted by molar-refractivity contribution is 5.97. The Hall–Kier alpha value is -3.42. The summed E-state index contributed by atoms with van der Waals surface area (Å²) in [7, 11) is 2.98. The summed E-state index contributed by atoms with van der Waals surface area (Å²) >= 11 is 0. The van der Waals surface area contributed by atoms with Crippen molar-refractivity contribution in [2.24, 2.45) is 0 Å². The lowest BCUT2D eigenvalue weighted by Gasteiger charge is -2.09. The van der Waals surface area contributed by atoms with Crippen molar-refractivity contribution in [1.82, 2.24) is 14.8 Å². The largest absolute Gasteiger partial charge is 0.493 e. The van der Waals surface area contributed by atoms with E-state index in [1.807, 2.05) is 0 Å². The van der Waals surface area contributed by atoms with Gasteiger partial charge in [0.15, 0.2) is 17.3 Å². The van der Waals surface area contributed by atoms with Gasteiger partial charge < -0.3 is 15.2 Å². The summed E-state index contributed by atoms with van der Waals surface area (Å²) < 4.78 is 24.3. The van der Waals surface area contributed by atoms with Gasteiger partial charge in [-0.2, -0.15) is 9.67 Å². The average Bonchev–Trinajstić information content (AvgIpc) is 3.02. The van der Waals surface area contributed by atoms with E-state index in [9.17, 15) is 9.18 Å². The number of nitrogen functional groups attached to an aromatic ring is 1. The number of carbonyl (C=O) groups excluding carboxylic acids is 1. The van der Waals surface area contributed by atoms with Crippen molar-refractivity contribution in [3.8, 4) is 22.9 Å². The lowest BCUT2D eigenvalue weighted by molar-refractivity contribution is 0.0947. The second-order valence-corrected chi connectivity index (χ2v) is 5.09. The Balaban J connectivity index is 1.96. The third-order valence-electron chi connectivity index (χ3n) is 3.56. The molecule has 128 valence electrons. The van der Waals surface area contributed by atoms with Crippen LogP contribution in [0.3, 0.4) is 0 Å². The molecule has 0 radical (unpaired) electrons. The molecule has 7 nitrogen and oxygen atoms in total. The molecule has 0 saturated heterocycles. The van der Waals surface area contributed by atoms with Crippen molar-refractivity contribution < 1.29 is 18.7 Å². The van der Waals surface area contributed by atoms with Crippen LogP contribution in [0.1, 0.15) is 10.4 Å². The van der Waals surface area contributed by atoms with E-state index in [0.29, 0.717) is 22.6 Å². The summed E-state index contributed by atoms with van der Waals surface area (Å²) in [6, 6.07) is 10.3. The van der Waals surface area contributed by atoms with Crippen molar-refractivity contribution in [3.63, 3.8) is 0 Å². The van der Waals surface area contributed by atoms with Crippen molar-refractivity contribution in [2.75, 3.05) is 20.0 Å². The van der Waals surface area contributed by atoms with Crippen molar-refractivity contribution in [2.45, 2.75) is 0 Å². The fourth-order valence-electron chi connectivity index (χ4n) is 2.29. The number of hydrogen-bond donors (Lipinski definition) is 1. The maximum absolute atomic E-state index is 13.0. The number of nitrogens with two attached hydrogens (primary N) is 1. The first-order valence-corrected chi connectivity index (χ1v) is 7.28. The van der Waals surface area contributed by atoms with E-state index in [0.717, 1.165) is 4.68 Å². The minimum Gasteiger partial charge on any atom is -0.493 e. The molecule has 2 N–H and O–H groups in total. The third kappa shape index (κ3) is 3.14. The van der Waals surface area contributed by atoms with Crippen LogP contribution in [0.25, 0.3) is 11.4 Å². The van der Waals surface area contributed by atoms with Crippen LogP contribution in [0.2, 0.25) is 0 Å². The molecule has 0 aliphatic heterocycles. The maximum atomic E-state index is 13.0. The molecule has 25 heavy (non-hydrogen) atoms. The molecule has 0 amide bonds. The second-order valence-electron chi connectivity index (χ2n) is 5.09. The summed E-state index contributed by atoms with van der Waals surface area (Å²) in [5, 5.41) is 4.12. The van der Waals surface area contributed by atoms with Gasteiger partial charge in [-0.05, 0) is 42.5 Å². The molecule has 1 aromatic heterocycles. The van der Waals surface area contributed by atoms with Gasteiger partial charge in [0.25, 0.3) is 5.91 Å². The lowest BCUT2D eigenvalue weighted by Crippen LogP contribution is -2.16. The molecular formula is C17H15FN4O3. The number of hydrogen-bond acceptors (Lipinski definition) is 6. The summed E-state index contributed by atoms with van der Waals surface area (Å²) in [6.07, 6.45) is 0. The van der Waals surface area contributed by atoms with E-state index in [1.165, 1.54) is 44.6 Å². The lowest BCUT2D eigenvalue weighted by atomic mass is 10.2. The quantitative estimate of drug-likeness (QED) is 0.782. The van der Waals surface area contributed by atoms with Crippen LogP contribution < -0.4 is 15.2 Å². The predicted molar refractivity (Wildman–Crippen MR) is 89.1 cm³/mol. The summed E-state index contributed by atoms with van der Waals surface area (Å²) in [5.41, 5.74) is 6.67. The Kier molecular flexibility index (Phi) is 4.34. The summed E-state index contributed by atoms with van der Waals surface area (Å²) in [5.74, 6) is 0.214. The molecular weight excluding hydrogens is 327 g/mol. The Labute approximate surface area is 142 Å². The van der Waals surface area contributed by atoms with Crippen LogP contribution in [0, 0.1) is 5.82 Å². The van der Waals surface area contributed by atoms with Gasteiger partial charge in [-0.3, -0.25) is 4.79 Å². The van der Waals surface area contributed by atoms with Gasteiger partial charge in [-0.25, -0.2) is 4.39 Å². The highest BCUT2D eigenvalue weighted by Gasteiger charge is 2.18. The number of methoxy groups -OCH3 is 2. The topological polar surface area (TPSA) is 92.3 Å². The number of anilines is 1. The van der Waals surface area contributed by atoms with Crippen LogP contribution >= 0.6 is 0 Å². The Morgan fingerprint density at radius 2 is 1.76 bits per heavy atom. The van der Waals surface area contributed by atoms with Crippen LogP contribution in [0.4, 0.5) is 10.3 Å². The molecule has 2 aromatic carbocycles. The minimum atomic E-state index is -0.473. The molecule has 0 aliphatic rings. The highest BCUT2D eigenvalue weighted by atomic mass is 19.1. The summed E-state index contributed by atoms with van der Waals surface area (Å²) in [6.45, 7) is 0. The van der Waals surface area contributed by atoms with Crippen molar-refractivity contribution in [3.05, 3.63) is 53.8 Å². The van der Waals surface area contributed by atoms with E-state index in [1.54, 1.807) is 12.1 Å². The predicted octanol–water partition coefficient (Wildman–Crippen LogP) is 2.37. The van der Waals surface area contributed by atoms with Gasteiger partial charge in [0.2, 0.25) is 5.95 Å². The number of carbonyl (C=O) groups is 1. The van der Waals surface area contributed by atoms with E-state index in [2.05, 4.69) is 10.1 Å². The average molecular weight is 342 g/mol. The number of halogens is 1. The Bertz CT molecular complexity index is 922. The number of aromatic nitrogens is 3. The first-order chi connectivity index (χ1) is 12.0. The van der Waals surface area contributed by atoms with Crippen LogP contribution in [-0.4, -0.2) is 34.9 Å². The Morgan fingerprint density at radius 1 is 1.08 bits per heavy atom. The molecule has 0 atom stereocenters. The monoisotopic (exact) mass is 342 g/mol. The molecule has 0 aliphatic carbocycles. The fraction of sp³-hybridized carbons (Fsp3) is 0.118. The molecule has 0 spiro atoms. The smallest absolute Gasteiger partial charge is 0.281 e. The first-order valence-electron chi connectivity index (χ1n) is 7.28. The number of nitrogens with zero attached hydrogens (tertiary/aromatic N) is 3. The maximum Gasteiger partial charge on any atom is 0.281 e. The van der Waals surface area contributed by atoms with Gasteiger partial charge in [0.05, 0.1) is 14.2 Å². The normalized spacial score (nSPS) is 10.5. The zero-order chi connectivity index (χ0) is 18.0. The molecule has 3 aromatic rings. The summed E-state index contributed by atoms with van der Waals surface area (Å²) in [4.78, 5) is 16.7. The molecule has 0 saturated carbocycles. The molecule has 0 unspecified atom stereocenters. The molecule has 0 fully saturated rings. The van der Waals surface area contributed by atoms with Gasteiger partial charge >= 0.3 is 0 Å². The SMILES string of the molecule is COc1ccc(C(=O)n2nc(-c3ccc(F)cc3)nc2N)cc1OC. The number of rotatable bonds is 4. The van der Waals surface area contributed by atoms with Crippen LogP contribution in [0.5, 0.6) is 11.5 Å².